The van der Waals surface area contributed by atoms with Crippen LogP contribution in [0.4, 0.5) is 0 Å². The number of aliphatic carboxylic acids is 1. The summed E-state index contributed by atoms with van der Waals surface area (Å²) in [6.45, 7) is 6.00. The SMILES string of the molecule is CCCCC/C=C\C/C=C\CCCCCCCCCCCC(=O)OCC(COC1OC(C(=O)O)C(O)C(O)C1OC(=O)CCCCCCCCCCCCCCCCCCCCC)OC(=O)CCCCCCCCC/C=C\C/C=C\CCCCC. The maximum atomic E-state index is 13.2. The minimum absolute atomic E-state index is 0.0643. The Balaban J connectivity index is 2.62. The molecule has 0 aliphatic carbocycles. The molecule has 1 aliphatic heterocycles. The molecule has 6 atom stereocenters. The van der Waals surface area contributed by atoms with Crippen LogP contribution >= 0.6 is 0 Å². The number of carbonyl (C=O) groups is 4. The molecule has 1 rings (SSSR count). The van der Waals surface area contributed by atoms with E-state index in [0.29, 0.717) is 19.3 Å². The molecule has 1 fully saturated rings. The molecular weight excluding hydrogens is 1070 g/mol. The molecule has 1 saturated heterocycles. The molecule has 0 aromatic carbocycles. The summed E-state index contributed by atoms with van der Waals surface area (Å²) in [7, 11) is 0. The van der Waals surface area contributed by atoms with E-state index >= 15 is 0 Å². The van der Waals surface area contributed by atoms with Crippen molar-refractivity contribution in [2.24, 2.45) is 0 Å². The molecule has 0 saturated carbocycles. The summed E-state index contributed by atoms with van der Waals surface area (Å²) in [4.78, 5) is 51.5. The number of esters is 3. The lowest BCUT2D eigenvalue weighted by atomic mass is 9.98. The van der Waals surface area contributed by atoms with Gasteiger partial charge < -0.3 is 39.0 Å². The number of hydrogen-bond donors (Lipinski definition) is 3. The van der Waals surface area contributed by atoms with Gasteiger partial charge in [-0.3, -0.25) is 14.4 Å². The van der Waals surface area contributed by atoms with Gasteiger partial charge in [-0.1, -0.05) is 288 Å². The molecule has 0 bridgehead atoms. The summed E-state index contributed by atoms with van der Waals surface area (Å²) in [5.74, 6) is -3.10. The van der Waals surface area contributed by atoms with E-state index in [0.717, 1.165) is 89.9 Å². The van der Waals surface area contributed by atoms with Crippen LogP contribution in [0, 0.1) is 0 Å². The molecule has 6 unspecified atom stereocenters. The van der Waals surface area contributed by atoms with Gasteiger partial charge >= 0.3 is 23.9 Å². The average Bonchev–Trinajstić information content (AvgIpc) is 3.51. The van der Waals surface area contributed by atoms with Gasteiger partial charge in [0.05, 0.1) is 6.61 Å². The zero-order valence-corrected chi connectivity index (χ0v) is 54.9. The maximum absolute atomic E-state index is 13.2. The molecule has 0 aromatic rings. The van der Waals surface area contributed by atoms with E-state index < -0.39 is 67.3 Å². The quantitative estimate of drug-likeness (QED) is 0.0228. The second-order valence-electron chi connectivity index (χ2n) is 24.5. The van der Waals surface area contributed by atoms with Crippen LogP contribution in [-0.4, -0.2) is 89.2 Å². The van der Waals surface area contributed by atoms with Crippen LogP contribution in [-0.2, 0) is 42.9 Å². The Kier molecular flexibility index (Phi) is 57.1. The number of carbonyl (C=O) groups excluding carboxylic acids is 3. The van der Waals surface area contributed by atoms with Crippen molar-refractivity contribution in [3.63, 3.8) is 0 Å². The first kappa shape index (κ1) is 79.7. The number of aliphatic hydroxyl groups excluding tert-OH is 2. The van der Waals surface area contributed by atoms with Crippen molar-refractivity contribution in [3.05, 3.63) is 48.6 Å². The number of aliphatic hydroxyl groups is 2. The normalized spacial score (nSPS) is 17.7. The number of unbranched alkanes of at least 4 members (excludes halogenated alkanes) is 40. The molecule has 0 amide bonds. The topological polar surface area (TPSA) is 175 Å². The summed E-state index contributed by atoms with van der Waals surface area (Å²) in [6.07, 6.45) is 63.4. The molecular formula is C73H130O12. The van der Waals surface area contributed by atoms with Gasteiger partial charge in [-0.15, -0.1) is 0 Å². The van der Waals surface area contributed by atoms with Crippen LogP contribution in [0.1, 0.15) is 342 Å². The first-order valence-corrected chi connectivity index (χ1v) is 35.6. The minimum atomic E-state index is -1.90. The Morgan fingerprint density at radius 1 is 0.388 bits per heavy atom. The van der Waals surface area contributed by atoms with Gasteiger partial charge in [-0.2, -0.15) is 0 Å². The van der Waals surface area contributed by atoms with Gasteiger partial charge in [0, 0.05) is 19.3 Å². The second kappa shape index (κ2) is 60.9. The standard InChI is InChI=1S/C73H130O12/c1-4-7-10-13-16-19-22-25-28-31-33-36-38-41-44-47-50-53-56-59-65(74)81-62-64(83-66(75)60-57-54-51-48-45-42-39-35-30-27-24-21-18-15-12-9-6-3)63-82-73-71(69(78)68(77)70(85-73)72(79)80)84-67(76)61-58-55-52-49-46-43-40-37-34-32-29-26-23-20-17-14-11-8-5-2/h16,18-19,21,25,27-28,30,64,68-71,73,77-78H,4-15,17,20,22-24,26,29,31-63H2,1-3H3,(H,79,80)/b19-16-,21-18-,28-25-,30-27-. The second-order valence-corrected chi connectivity index (χ2v) is 24.5. The monoisotopic (exact) mass is 1200 g/mol. The Bertz CT molecular complexity index is 1660. The molecule has 1 heterocycles. The molecule has 12 nitrogen and oxygen atoms in total. The predicted molar refractivity (Wildman–Crippen MR) is 349 cm³/mol. The minimum Gasteiger partial charge on any atom is -0.479 e. The lowest BCUT2D eigenvalue weighted by molar-refractivity contribution is -0.301. The van der Waals surface area contributed by atoms with Crippen molar-refractivity contribution < 1.29 is 58.2 Å². The van der Waals surface area contributed by atoms with Gasteiger partial charge in [-0.25, -0.2) is 4.79 Å². The number of carboxylic acid groups (broad SMARTS) is 1. The first-order chi connectivity index (χ1) is 41.6. The molecule has 0 spiro atoms. The van der Waals surface area contributed by atoms with Crippen LogP contribution in [0.3, 0.4) is 0 Å². The van der Waals surface area contributed by atoms with Crippen molar-refractivity contribution >= 4 is 23.9 Å². The van der Waals surface area contributed by atoms with Crippen LogP contribution in [0.25, 0.3) is 0 Å². The number of ether oxygens (including phenoxy) is 5. The van der Waals surface area contributed by atoms with E-state index in [2.05, 4.69) is 69.4 Å². The van der Waals surface area contributed by atoms with Gasteiger partial charge in [-0.05, 0) is 83.5 Å². The Morgan fingerprint density at radius 2 is 0.706 bits per heavy atom. The van der Waals surface area contributed by atoms with E-state index in [-0.39, 0.29) is 25.9 Å². The van der Waals surface area contributed by atoms with E-state index in [1.54, 1.807) is 0 Å². The van der Waals surface area contributed by atoms with Gasteiger partial charge in [0.1, 0.15) is 18.8 Å². The highest BCUT2D eigenvalue weighted by Crippen LogP contribution is 2.27. The smallest absolute Gasteiger partial charge is 0.335 e. The molecule has 12 heteroatoms. The van der Waals surface area contributed by atoms with Crippen molar-refractivity contribution in [1.29, 1.82) is 0 Å². The summed E-state index contributed by atoms with van der Waals surface area (Å²) >= 11 is 0. The average molecular weight is 1200 g/mol. The third-order valence-corrected chi connectivity index (χ3v) is 16.4. The lowest BCUT2D eigenvalue weighted by Gasteiger charge is -2.40. The molecule has 3 N–H and O–H groups in total. The first-order valence-electron chi connectivity index (χ1n) is 35.6. The van der Waals surface area contributed by atoms with Crippen LogP contribution in [0.15, 0.2) is 48.6 Å². The fourth-order valence-electron chi connectivity index (χ4n) is 10.9. The zero-order chi connectivity index (χ0) is 61.7. The van der Waals surface area contributed by atoms with Crippen molar-refractivity contribution in [2.45, 2.75) is 379 Å². The van der Waals surface area contributed by atoms with Crippen LogP contribution in [0.2, 0.25) is 0 Å². The molecule has 85 heavy (non-hydrogen) atoms. The summed E-state index contributed by atoms with van der Waals surface area (Å²) in [5, 5.41) is 31.7. The van der Waals surface area contributed by atoms with E-state index in [4.69, 9.17) is 23.7 Å². The maximum Gasteiger partial charge on any atom is 0.335 e. The van der Waals surface area contributed by atoms with E-state index in [1.165, 1.54) is 193 Å². The van der Waals surface area contributed by atoms with Gasteiger partial charge in [0.2, 0.25) is 0 Å². The summed E-state index contributed by atoms with van der Waals surface area (Å²) in [5.41, 5.74) is 0. The Hall–Kier alpha value is -3.32. The van der Waals surface area contributed by atoms with E-state index in [1.807, 2.05) is 0 Å². The largest absolute Gasteiger partial charge is 0.479 e. The van der Waals surface area contributed by atoms with E-state index in [9.17, 15) is 34.5 Å². The third kappa shape index (κ3) is 50.3. The lowest BCUT2D eigenvalue weighted by Crippen LogP contribution is -2.61. The molecule has 0 radical (unpaired) electrons. The Morgan fingerprint density at radius 3 is 1.08 bits per heavy atom. The van der Waals surface area contributed by atoms with Gasteiger partial charge in [0.25, 0.3) is 0 Å². The number of carboxylic acids is 1. The highest BCUT2D eigenvalue weighted by atomic mass is 16.7. The molecule has 1 aliphatic rings. The van der Waals surface area contributed by atoms with Crippen LogP contribution in [0.5, 0.6) is 0 Å². The number of hydrogen-bond acceptors (Lipinski definition) is 11. The van der Waals surface area contributed by atoms with Gasteiger partial charge in [0.15, 0.2) is 24.6 Å². The third-order valence-electron chi connectivity index (χ3n) is 16.4. The van der Waals surface area contributed by atoms with Crippen molar-refractivity contribution in [3.8, 4) is 0 Å². The number of allylic oxidation sites excluding steroid dienone is 8. The fourth-order valence-corrected chi connectivity index (χ4v) is 10.9. The predicted octanol–water partition coefficient (Wildman–Crippen LogP) is 19.7. The zero-order valence-electron chi connectivity index (χ0n) is 54.9. The molecule has 494 valence electrons. The van der Waals surface area contributed by atoms with Crippen molar-refractivity contribution in [2.75, 3.05) is 13.2 Å². The number of rotatable bonds is 62. The van der Waals surface area contributed by atoms with Crippen molar-refractivity contribution in [1.82, 2.24) is 0 Å². The highest BCUT2D eigenvalue weighted by molar-refractivity contribution is 5.74. The Labute approximate surface area is 520 Å². The summed E-state index contributed by atoms with van der Waals surface area (Å²) in [6, 6.07) is 0. The van der Waals surface area contributed by atoms with Crippen LogP contribution < -0.4 is 0 Å². The molecule has 0 aromatic heterocycles. The fraction of sp³-hybridized carbons (Fsp3) is 0.836. The summed E-state index contributed by atoms with van der Waals surface area (Å²) < 4.78 is 28.6. The highest BCUT2D eigenvalue weighted by Gasteiger charge is 2.50.